The van der Waals surface area contributed by atoms with Crippen LogP contribution in [0.15, 0.2) is 24.3 Å². The first-order valence-corrected chi connectivity index (χ1v) is 5.88. The lowest BCUT2D eigenvalue weighted by molar-refractivity contribution is -0.118. The zero-order valence-corrected chi connectivity index (χ0v) is 10.5. The quantitative estimate of drug-likeness (QED) is 0.819. The van der Waals surface area contributed by atoms with Gasteiger partial charge in [0.15, 0.2) is 0 Å². The lowest BCUT2D eigenvalue weighted by Crippen LogP contribution is -2.26. The van der Waals surface area contributed by atoms with Crippen molar-refractivity contribution in [1.29, 1.82) is 0 Å². The summed E-state index contributed by atoms with van der Waals surface area (Å²) in [6.07, 6.45) is 1.21. The molecule has 4 nitrogen and oxygen atoms in total. The minimum atomic E-state index is 0.0830. The van der Waals surface area contributed by atoms with Gasteiger partial charge in [-0.05, 0) is 44.2 Å². The molecule has 0 fully saturated rings. The van der Waals surface area contributed by atoms with Gasteiger partial charge in [0.25, 0.3) is 0 Å². The Bertz CT molecular complexity index is 349. The molecular formula is C13H20N2O2. The van der Waals surface area contributed by atoms with Gasteiger partial charge < -0.3 is 15.4 Å². The monoisotopic (exact) mass is 236 g/mol. The standard InChI is InChI=1S/C13H20N2O2/c1-3-17-12-8-6-11(7-9-12)15(2)13(16)5-4-10-14/h6-9H,3-5,10,14H2,1-2H3. The smallest absolute Gasteiger partial charge is 0.226 e. The first-order chi connectivity index (χ1) is 8.19. The summed E-state index contributed by atoms with van der Waals surface area (Å²) in [5, 5.41) is 0. The van der Waals surface area contributed by atoms with Crippen molar-refractivity contribution in [3.63, 3.8) is 0 Å². The number of nitrogens with zero attached hydrogens (tertiary/aromatic N) is 1. The van der Waals surface area contributed by atoms with Gasteiger partial charge in [0.2, 0.25) is 5.91 Å². The second-order valence-electron chi connectivity index (χ2n) is 3.77. The van der Waals surface area contributed by atoms with Crippen molar-refractivity contribution in [2.45, 2.75) is 19.8 Å². The molecule has 1 aromatic carbocycles. The van der Waals surface area contributed by atoms with Crippen LogP contribution in [-0.4, -0.2) is 26.1 Å². The molecule has 1 rings (SSSR count). The van der Waals surface area contributed by atoms with Gasteiger partial charge in [-0.1, -0.05) is 0 Å². The van der Waals surface area contributed by atoms with E-state index < -0.39 is 0 Å². The Kier molecular flexibility index (Phi) is 5.49. The van der Waals surface area contributed by atoms with Gasteiger partial charge >= 0.3 is 0 Å². The third-order valence-electron chi connectivity index (χ3n) is 2.50. The van der Waals surface area contributed by atoms with Crippen molar-refractivity contribution in [2.24, 2.45) is 5.73 Å². The summed E-state index contributed by atoms with van der Waals surface area (Å²) in [6.45, 7) is 3.13. The van der Waals surface area contributed by atoms with Crippen molar-refractivity contribution < 1.29 is 9.53 Å². The maximum Gasteiger partial charge on any atom is 0.226 e. The Hall–Kier alpha value is -1.55. The van der Waals surface area contributed by atoms with Crippen LogP contribution < -0.4 is 15.4 Å². The fourth-order valence-corrected chi connectivity index (χ4v) is 1.50. The molecule has 4 heteroatoms. The Morgan fingerprint density at radius 1 is 1.35 bits per heavy atom. The average molecular weight is 236 g/mol. The predicted molar refractivity (Wildman–Crippen MR) is 69.3 cm³/mol. The molecule has 0 atom stereocenters. The molecule has 0 aliphatic heterocycles. The molecule has 94 valence electrons. The number of carbonyl (C=O) groups is 1. The van der Waals surface area contributed by atoms with Crippen LogP contribution in [-0.2, 0) is 4.79 Å². The summed E-state index contributed by atoms with van der Waals surface area (Å²) in [5.41, 5.74) is 6.25. The molecule has 1 amide bonds. The van der Waals surface area contributed by atoms with E-state index in [1.165, 1.54) is 0 Å². The lowest BCUT2D eigenvalue weighted by Gasteiger charge is -2.17. The summed E-state index contributed by atoms with van der Waals surface area (Å²) < 4.78 is 5.35. The van der Waals surface area contributed by atoms with E-state index in [4.69, 9.17) is 10.5 Å². The number of carbonyl (C=O) groups excluding carboxylic acids is 1. The SMILES string of the molecule is CCOc1ccc(N(C)C(=O)CCCN)cc1. The fourth-order valence-electron chi connectivity index (χ4n) is 1.50. The number of amides is 1. The van der Waals surface area contributed by atoms with Crippen LogP contribution >= 0.6 is 0 Å². The highest BCUT2D eigenvalue weighted by molar-refractivity contribution is 5.92. The van der Waals surface area contributed by atoms with Gasteiger partial charge in [-0.15, -0.1) is 0 Å². The van der Waals surface area contributed by atoms with Crippen molar-refractivity contribution in [2.75, 3.05) is 25.1 Å². The van der Waals surface area contributed by atoms with Gasteiger partial charge in [0, 0.05) is 19.2 Å². The highest BCUT2D eigenvalue weighted by Gasteiger charge is 2.09. The number of rotatable bonds is 6. The Balaban J connectivity index is 2.62. The van der Waals surface area contributed by atoms with Crippen LogP contribution in [0.25, 0.3) is 0 Å². The summed E-state index contributed by atoms with van der Waals surface area (Å²) in [4.78, 5) is 13.4. The van der Waals surface area contributed by atoms with E-state index in [0.29, 0.717) is 19.6 Å². The first-order valence-electron chi connectivity index (χ1n) is 5.88. The second-order valence-corrected chi connectivity index (χ2v) is 3.77. The largest absolute Gasteiger partial charge is 0.494 e. The van der Waals surface area contributed by atoms with Crippen LogP contribution in [0, 0.1) is 0 Å². The maximum atomic E-state index is 11.8. The van der Waals surface area contributed by atoms with Gasteiger partial charge in [-0.25, -0.2) is 0 Å². The molecule has 0 unspecified atom stereocenters. The molecule has 1 aromatic rings. The van der Waals surface area contributed by atoms with Gasteiger partial charge in [0.1, 0.15) is 5.75 Å². The third-order valence-corrected chi connectivity index (χ3v) is 2.50. The third kappa shape index (κ3) is 4.07. The van der Waals surface area contributed by atoms with E-state index in [0.717, 1.165) is 17.9 Å². The van der Waals surface area contributed by atoms with Crippen LogP contribution in [0.5, 0.6) is 5.75 Å². The highest BCUT2D eigenvalue weighted by Crippen LogP contribution is 2.19. The van der Waals surface area contributed by atoms with Gasteiger partial charge in [-0.2, -0.15) is 0 Å². The number of anilines is 1. The molecule has 17 heavy (non-hydrogen) atoms. The Morgan fingerprint density at radius 2 is 2.00 bits per heavy atom. The van der Waals surface area contributed by atoms with E-state index in [1.54, 1.807) is 11.9 Å². The summed E-state index contributed by atoms with van der Waals surface area (Å²) >= 11 is 0. The van der Waals surface area contributed by atoms with E-state index in [-0.39, 0.29) is 5.91 Å². The molecule has 2 N–H and O–H groups in total. The lowest BCUT2D eigenvalue weighted by atomic mass is 10.2. The molecule has 0 aromatic heterocycles. The van der Waals surface area contributed by atoms with Crippen LogP contribution in [0.1, 0.15) is 19.8 Å². The maximum absolute atomic E-state index is 11.8. The van der Waals surface area contributed by atoms with Crippen molar-refractivity contribution >= 4 is 11.6 Å². The zero-order valence-electron chi connectivity index (χ0n) is 10.5. The number of nitrogens with two attached hydrogens (primary N) is 1. The minimum absolute atomic E-state index is 0.0830. The van der Waals surface area contributed by atoms with Crippen molar-refractivity contribution in [1.82, 2.24) is 0 Å². The Morgan fingerprint density at radius 3 is 2.53 bits per heavy atom. The van der Waals surface area contributed by atoms with E-state index in [1.807, 2.05) is 31.2 Å². The highest BCUT2D eigenvalue weighted by atomic mass is 16.5. The Labute approximate surface area is 102 Å². The molecule has 0 radical (unpaired) electrons. The zero-order chi connectivity index (χ0) is 12.7. The first kappa shape index (κ1) is 13.5. The van der Waals surface area contributed by atoms with Crippen LogP contribution in [0.2, 0.25) is 0 Å². The summed E-state index contributed by atoms with van der Waals surface area (Å²) in [5.74, 6) is 0.902. The van der Waals surface area contributed by atoms with E-state index >= 15 is 0 Å². The normalized spacial score (nSPS) is 10.1. The molecule has 0 aliphatic rings. The molecule has 0 saturated carbocycles. The number of benzene rings is 1. The minimum Gasteiger partial charge on any atom is -0.494 e. The molecule has 0 aliphatic carbocycles. The van der Waals surface area contributed by atoms with E-state index in [2.05, 4.69) is 0 Å². The predicted octanol–water partition coefficient (Wildman–Crippen LogP) is 1.79. The molecule has 0 saturated heterocycles. The molecule has 0 bridgehead atoms. The number of ether oxygens (including phenoxy) is 1. The van der Waals surface area contributed by atoms with E-state index in [9.17, 15) is 4.79 Å². The molecule has 0 spiro atoms. The number of hydrogen-bond donors (Lipinski definition) is 1. The summed E-state index contributed by atoms with van der Waals surface area (Å²) in [7, 11) is 1.77. The van der Waals surface area contributed by atoms with Crippen LogP contribution in [0.4, 0.5) is 5.69 Å². The molecule has 0 heterocycles. The second kappa shape index (κ2) is 6.91. The van der Waals surface area contributed by atoms with Crippen molar-refractivity contribution in [3.05, 3.63) is 24.3 Å². The fraction of sp³-hybridized carbons (Fsp3) is 0.462. The topological polar surface area (TPSA) is 55.6 Å². The summed E-state index contributed by atoms with van der Waals surface area (Å²) in [6, 6.07) is 7.49. The van der Waals surface area contributed by atoms with Gasteiger partial charge in [0.05, 0.1) is 6.61 Å². The average Bonchev–Trinajstić information content (AvgIpc) is 2.36. The van der Waals surface area contributed by atoms with Gasteiger partial charge in [-0.3, -0.25) is 4.79 Å². The van der Waals surface area contributed by atoms with Crippen molar-refractivity contribution in [3.8, 4) is 5.75 Å². The molecular weight excluding hydrogens is 216 g/mol. The van der Waals surface area contributed by atoms with Crippen LogP contribution in [0.3, 0.4) is 0 Å². The number of hydrogen-bond acceptors (Lipinski definition) is 3.